The van der Waals surface area contributed by atoms with Crippen molar-refractivity contribution in [2.24, 2.45) is 5.92 Å². The van der Waals surface area contributed by atoms with Crippen molar-refractivity contribution in [3.63, 3.8) is 0 Å². The molecule has 0 aliphatic carbocycles. The first kappa shape index (κ1) is 21.6. The topological polar surface area (TPSA) is 61.0 Å². The predicted octanol–water partition coefficient (Wildman–Crippen LogP) is 3.94. The van der Waals surface area contributed by atoms with E-state index in [4.69, 9.17) is 0 Å². The van der Waals surface area contributed by atoms with Crippen LogP contribution in [0, 0.1) is 19.8 Å². The number of nitrogens with zero attached hydrogens (tertiary/aromatic N) is 2. The van der Waals surface area contributed by atoms with Gasteiger partial charge in [-0.2, -0.15) is 5.10 Å². The normalized spacial score (nSPS) is 17.6. The Kier molecular flexibility index (Phi) is 7.48. The molecule has 1 aliphatic rings. The summed E-state index contributed by atoms with van der Waals surface area (Å²) in [6.45, 7) is 11.6. The highest BCUT2D eigenvalue weighted by Gasteiger charge is 2.21. The summed E-state index contributed by atoms with van der Waals surface area (Å²) in [5.41, 5.74) is 6.02. The second kappa shape index (κ2) is 10.1. The Labute approximate surface area is 175 Å². The molecule has 3 rings (SSSR count). The Balaban J connectivity index is 1.45. The number of piperidine rings is 1. The molecule has 2 N–H and O–H groups in total. The zero-order chi connectivity index (χ0) is 20.8. The Hall–Kier alpha value is -2.14. The molecule has 5 nitrogen and oxygen atoms in total. The molecule has 1 aromatic carbocycles. The fourth-order valence-corrected chi connectivity index (χ4v) is 4.14. The maximum Gasteiger partial charge on any atom is 0.220 e. The molecule has 1 aliphatic heterocycles. The molecule has 1 atom stereocenters. The molecule has 5 heteroatoms. The first-order valence-corrected chi connectivity index (χ1v) is 11.0. The molecule has 1 amide bonds. The number of hydrogen-bond donors (Lipinski definition) is 2. The smallest absolute Gasteiger partial charge is 0.220 e. The number of benzene rings is 1. The fourth-order valence-electron chi connectivity index (χ4n) is 4.14. The third kappa shape index (κ3) is 6.43. The molecule has 29 heavy (non-hydrogen) atoms. The number of carbonyl (C=O) groups excluding carboxylic acids is 1. The predicted molar refractivity (Wildman–Crippen MR) is 118 cm³/mol. The van der Waals surface area contributed by atoms with Gasteiger partial charge in [0.05, 0.1) is 5.69 Å². The number of rotatable bonds is 8. The monoisotopic (exact) mass is 396 g/mol. The molecule has 2 heterocycles. The van der Waals surface area contributed by atoms with Crippen molar-refractivity contribution in [3.8, 4) is 0 Å². The fraction of sp³-hybridized carbons (Fsp3) is 0.583. The summed E-state index contributed by atoms with van der Waals surface area (Å²) in [4.78, 5) is 14.9. The van der Waals surface area contributed by atoms with Crippen LogP contribution in [-0.4, -0.2) is 40.1 Å². The molecule has 0 radical (unpaired) electrons. The third-order valence-electron chi connectivity index (χ3n) is 5.89. The summed E-state index contributed by atoms with van der Waals surface area (Å²) in [7, 11) is 0. The molecule has 0 spiro atoms. The van der Waals surface area contributed by atoms with Crippen LogP contribution < -0.4 is 5.32 Å². The highest BCUT2D eigenvalue weighted by molar-refractivity contribution is 5.76. The number of hydrogen-bond acceptors (Lipinski definition) is 3. The van der Waals surface area contributed by atoms with Crippen LogP contribution in [0.15, 0.2) is 24.3 Å². The van der Waals surface area contributed by atoms with Crippen molar-refractivity contribution in [1.82, 2.24) is 20.4 Å². The van der Waals surface area contributed by atoms with E-state index in [2.05, 4.69) is 65.5 Å². The van der Waals surface area contributed by atoms with Gasteiger partial charge in [-0.1, -0.05) is 38.1 Å². The minimum absolute atomic E-state index is 0.134. The van der Waals surface area contributed by atoms with E-state index >= 15 is 0 Å². The van der Waals surface area contributed by atoms with Gasteiger partial charge in [0, 0.05) is 37.7 Å². The number of aryl methyl sites for hydroxylation is 2. The Morgan fingerprint density at radius 1 is 1.24 bits per heavy atom. The van der Waals surface area contributed by atoms with E-state index in [1.54, 1.807) is 0 Å². The number of carbonyl (C=O) groups is 1. The molecule has 1 saturated heterocycles. The molecule has 1 fully saturated rings. The highest BCUT2D eigenvalue weighted by atomic mass is 16.1. The summed E-state index contributed by atoms with van der Waals surface area (Å²) < 4.78 is 0. The SMILES string of the molecule is Cc1[nH]nc(CCC(=O)N[C@@H]2CCCN(Cc3ccc(CC(C)C)cc3)C2)c1C. The van der Waals surface area contributed by atoms with Crippen molar-refractivity contribution < 1.29 is 4.79 Å². The molecular weight excluding hydrogens is 360 g/mol. The largest absolute Gasteiger partial charge is 0.352 e. The van der Waals surface area contributed by atoms with Gasteiger partial charge in [0.25, 0.3) is 0 Å². The van der Waals surface area contributed by atoms with Crippen molar-refractivity contribution in [3.05, 3.63) is 52.3 Å². The van der Waals surface area contributed by atoms with E-state index in [1.807, 2.05) is 6.92 Å². The number of H-pyrrole nitrogens is 1. The summed E-state index contributed by atoms with van der Waals surface area (Å²) in [6.07, 6.45) is 4.53. The number of amides is 1. The van der Waals surface area contributed by atoms with Gasteiger partial charge in [-0.25, -0.2) is 0 Å². The lowest BCUT2D eigenvalue weighted by atomic mass is 10.0. The first-order valence-electron chi connectivity index (χ1n) is 11.0. The van der Waals surface area contributed by atoms with Crippen LogP contribution in [0.3, 0.4) is 0 Å². The second-order valence-corrected chi connectivity index (χ2v) is 8.98. The van der Waals surface area contributed by atoms with Crippen LogP contribution in [0.25, 0.3) is 0 Å². The molecule has 2 aromatic rings. The van der Waals surface area contributed by atoms with E-state index in [-0.39, 0.29) is 11.9 Å². The standard InChI is InChI=1S/C24H36N4O/c1-17(2)14-20-7-9-21(10-8-20)15-28-13-5-6-22(16-28)25-24(29)12-11-23-18(3)19(4)26-27-23/h7-10,17,22H,5-6,11-16H2,1-4H3,(H,25,29)(H,26,27)/t22-/m1/s1. The average Bonchev–Trinajstić information content (AvgIpc) is 3.00. The van der Waals surface area contributed by atoms with E-state index < -0.39 is 0 Å². The van der Waals surface area contributed by atoms with Gasteiger partial charge in [-0.3, -0.25) is 14.8 Å². The summed E-state index contributed by atoms with van der Waals surface area (Å²) in [6, 6.07) is 9.29. The van der Waals surface area contributed by atoms with Gasteiger partial charge >= 0.3 is 0 Å². The first-order chi connectivity index (χ1) is 13.9. The van der Waals surface area contributed by atoms with Crippen molar-refractivity contribution in [2.45, 2.75) is 72.4 Å². The van der Waals surface area contributed by atoms with E-state index in [1.165, 1.54) is 16.7 Å². The van der Waals surface area contributed by atoms with Crippen molar-refractivity contribution in [1.29, 1.82) is 0 Å². The Morgan fingerprint density at radius 2 is 1.97 bits per heavy atom. The van der Waals surface area contributed by atoms with Crippen LogP contribution in [0.4, 0.5) is 0 Å². The Bertz CT molecular complexity index is 794. The molecule has 158 valence electrons. The minimum atomic E-state index is 0.134. The maximum absolute atomic E-state index is 12.4. The van der Waals surface area contributed by atoms with Crippen LogP contribution in [-0.2, 0) is 24.2 Å². The van der Waals surface area contributed by atoms with Gasteiger partial charge in [-0.05, 0) is 62.3 Å². The summed E-state index contributed by atoms with van der Waals surface area (Å²) >= 11 is 0. The van der Waals surface area contributed by atoms with Crippen LogP contribution in [0.2, 0.25) is 0 Å². The quantitative estimate of drug-likeness (QED) is 0.710. The number of aromatic nitrogens is 2. The number of likely N-dealkylation sites (tertiary alicyclic amines) is 1. The van der Waals surface area contributed by atoms with Gasteiger partial charge in [0.15, 0.2) is 0 Å². The lowest BCUT2D eigenvalue weighted by molar-refractivity contribution is -0.122. The summed E-state index contributed by atoms with van der Waals surface area (Å²) in [5, 5.41) is 10.5. The van der Waals surface area contributed by atoms with E-state index in [9.17, 15) is 4.79 Å². The molecule has 0 bridgehead atoms. The lowest BCUT2D eigenvalue weighted by Crippen LogP contribution is -2.47. The Morgan fingerprint density at radius 3 is 2.62 bits per heavy atom. The third-order valence-corrected chi connectivity index (χ3v) is 5.89. The van der Waals surface area contributed by atoms with E-state index in [0.29, 0.717) is 18.8 Å². The number of aromatic amines is 1. The number of nitrogens with one attached hydrogen (secondary N) is 2. The van der Waals surface area contributed by atoms with Gasteiger partial charge in [0.1, 0.15) is 0 Å². The zero-order valence-electron chi connectivity index (χ0n) is 18.4. The van der Waals surface area contributed by atoms with E-state index in [0.717, 1.165) is 50.3 Å². The average molecular weight is 397 g/mol. The molecule has 0 saturated carbocycles. The van der Waals surface area contributed by atoms with Gasteiger partial charge in [-0.15, -0.1) is 0 Å². The molecule has 0 unspecified atom stereocenters. The zero-order valence-corrected chi connectivity index (χ0v) is 18.4. The summed E-state index contributed by atoms with van der Waals surface area (Å²) in [5.74, 6) is 0.822. The second-order valence-electron chi connectivity index (χ2n) is 8.98. The lowest BCUT2D eigenvalue weighted by Gasteiger charge is -2.33. The van der Waals surface area contributed by atoms with Crippen LogP contribution in [0.1, 0.15) is 61.2 Å². The minimum Gasteiger partial charge on any atom is -0.352 e. The van der Waals surface area contributed by atoms with Crippen molar-refractivity contribution in [2.75, 3.05) is 13.1 Å². The van der Waals surface area contributed by atoms with Crippen LogP contribution >= 0.6 is 0 Å². The maximum atomic E-state index is 12.4. The molecular formula is C24H36N4O. The van der Waals surface area contributed by atoms with Gasteiger partial charge < -0.3 is 5.32 Å². The van der Waals surface area contributed by atoms with Crippen molar-refractivity contribution >= 4 is 5.91 Å². The molecule has 1 aromatic heterocycles. The van der Waals surface area contributed by atoms with Gasteiger partial charge in [0.2, 0.25) is 5.91 Å². The highest BCUT2D eigenvalue weighted by Crippen LogP contribution is 2.16. The van der Waals surface area contributed by atoms with Crippen LogP contribution in [0.5, 0.6) is 0 Å².